The van der Waals surface area contributed by atoms with Crippen LogP contribution in [0.1, 0.15) is 12.0 Å². The first-order valence-corrected chi connectivity index (χ1v) is 10.2. The van der Waals surface area contributed by atoms with Crippen molar-refractivity contribution in [1.82, 2.24) is 16.2 Å². The highest BCUT2D eigenvalue weighted by Gasteiger charge is 2.20. The fraction of sp³-hybridized carbons (Fsp3) is 0.333. The molecule has 1 fully saturated rings. The molecule has 2 aromatic rings. The molecule has 154 valence electrons. The van der Waals surface area contributed by atoms with Gasteiger partial charge >= 0.3 is 0 Å². The molecule has 0 aliphatic carbocycles. The van der Waals surface area contributed by atoms with Gasteiger partial charge in [-0.15, -0.1) is 0 Å². The van der Waals surface area contributed by atoms with Crippen LogP contribution >= 0.6 is 12.2 Å². The number of halogens is 1. The number of hydrogen-bond donors (Lipinski definition) is 4. The Morgan fingerprint density at radius 3 is 2.41 bits per heavy atom. The first kappa shape index (κ1) is 21.0. The molecule has 0 atom stereocenters. The zero-order chi connectivity index (χ0) is 20.5. The fourth-order valence-corrected chi connectivity index (χ4v) is 3.40. The van der Waals surface area contributed by atoms with E-state index >= 15 is 0 Å². The summed E-state index contributed by atoms with van der Waals surface area (Å²) in [6.45, 7) is 5.29. The van der Waals surface area contributed by atoms with Crippen molar-refractivity contribution in [1.29, 1.82) is 0 Å². The van der Waals surface area contributed by atoms with Crippen LogP contribution in [-0.2, 0) is 11.3 Å². The third-order valence-corrected chi connectivity index (χ3v) is 5.23. The molecule has 2 aromatic carbocycles. The highest BCUT2D eigenvalue weighted by atomic mass is 32.1. The van der Waals surface area contributed by atoms with Crippen LogP contribution < -0.4 is 26.0 Å². The van der Waals surface area contributed by atoms with Crippen LogP contribution in [0.2, 0.25) is 0 Å². The smallest absolute Gasteiger partial charge is 0.244 e. The predicted molar refractivity (Wildman–Crippen MR) is 116 cm³/mol. The second-order valence-corrected chi connectivity index (χ2v) is 7.46. The molecule has 1 amide bonds. The van der Waals surface area contributed by atoms with Crippen LogP contribution in [0.25, 0.3) is 0 Å². The van der Waals surface area contributed by atoms with Crippen LogP contribution in [0.15, 0.2) is 54.6 Å². The third-order valence-electron chi connectivity index (χ3n) is 4.98. The van der Waals surface area contributed by atoms with Crippen LogP contribution in [0.4, 0.5) is 10.1 Å². The van der Waals surface area contributed by atoms with Crippen molar-refractivity contribution in [3.05, 3.63) is 66.0 Å². The quantitative estimate of drug-likeness (QED) is 0.411. The number of benzene rings is 2. The van der Waals surface area contributed by atoms with Crippen LogP contribution in [-0.4, -0.2) is 43.7 Å². The minimum Gasteiger partial charge on any atom is -0.360 e. The number of piperazine rings is 1. The number of nitrogens with zero attached hydrogens (tertiary/aromatic N) is 1. The maximum atomic E-state index is 12.9. The van der Waals surface area contributed by atoms with Gasteiger partial charge in [-0.25, -0.2) is 4.39 Å². The second kappa shape index (κ2) is 10.7. The van der Waals surface area contributed by atoms with Crippen molar-refractivity contribution in [2.75, 3.05) is 37.6 Å². The second-order valence-electron chi connectivity index (χ2n) is 7.05. The maximum absolute atomic E-state index is 12.9. The Kier molecular flexibility index (Phi) is 7.77. The summed E-state index contributed by atoms with van der Waals surface area (Å²) in [6, 6.07) is 16.6. The van der Waals surface area contributed by atoms with E-state index in [0.29, 0.717) is 18.1 Å². The summed E-state index contributed by atoms with van der Waals surface area (Å²) in [4.78, 5) is 15.9. The fourth-order valence-electron chi connectivity index (χ4n) is 3.28. The van der Waals surface area contributed by atoms with E-state index in [1.54, 1.807) is 12.1 Å². The van der Waals surface area contributed by atoms with Crippen molar-refractivity contribution in [3.63, 3.8) is 0 Å². The zero-order valence-corrected chi connectivity index (χ0v) is 17.1. The van der Waals surface area contributed by atoms with Crippen LogP contribution in [0.5, 0.6) is 0 Å². The molecule has 1 aliphatic heterocycles. The number of thiocarbonyl (C=S) groups is 1. The topological polar surface area (TPSA) is 60.8 Å². The first-order chi connectivity index (χ1) is 14.1. The number of hydrazine groups is 1. The summed E-state index contributed by atoms with van der Waals surface area (Å²) >= 11 is 5.14. The summed E-state index contributed by atoms with van der Waals surface area (Å²) in [5, 5.41) is 3.30. The lowest BCUT2D eigenvalue weighted by molar-refractivity contribution is -0.900. The standard InChI is InChI=1S/C21H26FN5OS/c22-18-8-6-17(7-9-18)16-23-21(29)25-24-20(28)10-11-26-12-14-27(15-13-26)19-4-2-1-3-5-19/h1-9H,10-16H2,(H,24,28)(H2,23,25,29)/p+1. The van der Waals surface area contributed by atoms with Gasteiger partial charge in [0, 0.05) is 12.2 Å². The van der Waals surface area contributed by atoms with Crippen molar-refractivity contribution in [2.24, 2.45) is 0 Å². The minimum atomic E-state index is -0.273. The number of para-hydroxylation sites is 1. The van der Waals surface area contributed by atoms with E-state index in [0.717, 1.165) is 38.3 Å². The normalized spacial score (nSPS) is 14.3. The molecular weight excluding hydrogens is 389 g/mol. The van der Waals surface area contributed by atoms with Crippen molar-refractivity contribution in [2.45, 2.75) is 13.0 Å². The number of carbonyl (C=O) groups excluding carboxylic acids is 1. The molecule has 1 saturated heterocycles. The summed E-state index contributed by atoms with van der Waals surface area (Å²) in [5.41, 5.74) is 7.50. The molecule has 3 rings (SSSR count). The Balaban J connectivity index is 1.28. The molecule has 0 radical (unpaired) electrons. The van der Waals surface area contributed by atoms with Crippen LogP contribution in [0.3, 0.4) is 0 Å². The van der Waals surface area contributed by atoms with Gasteiger partial charge in [-0.3, -0.25) is 15.6 Å². The van der Waals surface area contributed by atoms with Gasteiger partial charge < -0.3 is 15.1 Å². The number of amides is 1. The first-order valence-electron chi connectivity index (χ1n) is 9.81. The molecule has 1 aliphatic rings. The average Bonchev–Trinajstić information content (AvgIpc) is 2.77. The molecule has 0 bridgehead atoms. The van der Waals surface area contributed by atoms with Gasteiger partial charge in [-0.1, -0.05) is 30.3 Å². The molecular formula is C21H27FN5OS+. The van der Waals surface area contributed by atoms with Gasteiger partial charge in [-0.2, -0.15) is 0 Å². The lowest BCUT2D eigenvalue weighted by atomic mass is 10.2. The van der Waals surface area contributed by atoms with Crippen LogP contribution in [0, 0.1) is 5.82 Å². The summed E-state index contributed by atoms with van der Waals surface area (Å²) in [6.07, 6.45) is 0.439. The Hall–Kier alpha value is -2.71. The number of quaternary nitrogens is 1. The van der Waals surface area contributed by atoms with E-state index in [-0.39, 0.29) is 11.7 Å². The highest BCUT2D eigenvalue weighted by molar-refractivity contribution is 7.80. The summed E-state index contributed by atoms with van der Waals surface area (Å²) in [7, 11) is 0. The molecule has 29 heavy (non-hydrogen) atoms. The minimum absolute atomic E-state index is 0.0890. The SMILES string of the molecule is O=C(CC[NH+]1CCN(c2ccccc2)CC1)NNC(=S)NCc1ccc(F)cc1. The Morgan fingerprint density at radius 2 is 1.72 bits per heavy atom. The summed E-state index contributed by atoms with van der Waals surface area (Å²) in [5.74, 6) is -0.362. The zero-order valence-electron chi connectivity index (χ0n) is 16.3. The molecule has 4 N–H and O–H groups in total. The van der Waals surface area contributed by atoms with E-state index < -0.39 is 0 Å². The number of carbonyl (C=O) groups is 1. The van der Waals surface area contributed by atoms with Gasteiger partial charge in [0.25, 0.3) is 0 Å². The monoisotopic (exact) mass is 416 g/mol. The maximum Gasteiger partial charge on any atom is 0.244 e. The average molecular weight is 417 g/mol. The van der Waals surface area contributed by atoms with E-state index in [4.69, 9.17) is 12.2 Å². The molecule has 0 aromatic heterocycles. The number of hydrogen-bond acceptors (Lipinski definition) is 3. The number of nitrogens with one attached hydrogen (secondary N) is 4. The molecule has 0 spiro atoms. The van der Waals surface area contributed by atoms with E-state index in [9.17, 15) is 9.18 Å². The van der Waals surface area contributed by atoms with Gasteiger partial charge in [-0.05, 0) is 42.0 Å². The molecule has 0 unspecified atom stereocenters. The highest BCUT2D eigenvalue weighted by Crippen LogP contribution is 2.12. The summed E-state index contributed by atoms with van der Waals surface area (Å²) < 4.78 is 12.9. The Bertz CT molecular complexity index is 794. The largest absolute Gasteiger partial charge is 0.360 e. The molecule has 1 heterocycles. The van der Waals surface area contributed by atoms with E-state index in [1.807, 2.05) is 6.07 Å². The van der Waals surface area contributed by atoms with Crippen molar-refractivity contribution in [3.8, 4) is 0 Å². The van der Waals surface area contributed by atoms with Crippen molar-refractivity contribution < 1.29 is 14.1 Å². The molecule has 8 heteroatoms. The number of anilines is 1. The van der Waals surface area contributed by atoms with E-state index in [1.165, 1.54) is 22.7 Å². The molecule has 6 nitrogen and oxygen atoms in total. The molecule has 0 saturated carbocycles. The van der Waals surface area contributed by atoms with Gasteiger partial charge in [0.2, 0.25) is 5.91 Å². The number of rotatable bonds is 6. The Labute approximate surface area is 176 Å². The lowest BCUT2D eigenvalue weighted by Crippen LogP contribution is -3.15. The predicted octanol–water partition coefficient (Wildman–Crippen LogP) is 0.616. The van der Waals surface area contributed by atoms with Gasteiger partial charge in [0.05, 0.1) is 39.1 Å². The van der Waals surface area contributed by atoms with Gasteiger partial charge in [0.1, 0.15) is 5.82 Å². The lowest BCUT2D eigenvalue weighted by Gasteiger charge is -2.33. The Morgan fingerprint density at radius 1 is 1.03 bits per heavy atom. The third kappa shape index (κ3) is 6.99. The van der Waals surface area contributed by atoms with Gasteiger partial charge in [0.15, 0.2) is 5.11 Å². The van der Waals surface area contributed by atoms with E-state index in [2.05, 4.69) is 45.3 Å². The van der Waals surface area contributed by atoms with Crippen molar-refractivity contribution >= 4 is 28.9 Å².